The Bertz CT molecular complexity index is 364. The fourth-order valence-electron chi connectivity index (χ4n) is 2.34. The van der Waals surface area contributed by atoms with E-state index in [1.165, 1.54) is 12.0 Å². The van der Waals surface area contributed by atoms with E-state index < -0.39 is 0 Å². The zero-order valence-electron chi connectivity index (χ0n) is 10.3. The van der Waals surface area contributed by atoms with E-state index in [2.05, 4.69) is 34.0 Å². The topological polar surface area (TPSA) is 41.1 Å². The Morgan fingerprint density at radius 2 is 2.31 bits per heavy atom. The number of nitrogens with one attached hydrogen (secondary N) is 1. The quantitative estimate of drug-likeness (QED) is 0.845. The van der Waals surface area contributed by atoms with E-state index in [0.717, 1.165) is 37.1 Å². The van der Waals surface area contributed by atoms with Crippen LogP contribution in [0.2, 0.25) is 0 Å². The molecular formula is C12H20N4. The highest BCUT2D eigenvalue weighted by Crippen LogP contribution is 2.28. The summed E-state index contributed by atoms with van der Waals surface area (Å²) in [5.74, 6) is 2.86. The van der Waals surface area contributed by atoms with Gasteiger partial charge in [-0.2, -0.15) is 0 Å². The van der Waals surface area contributed by atoms with Gasteiger partial charge in [-0.3, -0.25) is 0 Å². The van der Waals surface area contributed by atoms with Crippen LogP contribution in [0.3, 0.4) is 0 Å². The molecule has 4 heteroatoms. The van der Waals surface area contributed by atoms with Gasteiger partial charge in [-0.05, 0) is 18.8 Å². The van der Waals surface area contributed by atoms with E-state index >= 15 is 0 Å². The summed E-state index contributed by atoms with van der Waals surface area (Å²) in [7, 11) is 1.91. The molecule has 1 aromatic rings. The van der Waals surface area contributed by atoms with E-state index in [1.54, 1.807) is 6.33 Å². The fraction of sp³-hybridized carbons (Fsp3) is 0.667. The van der Waals surface area contributed by atoms with Gasteiger partial charge in [-0.25, -0.2) is 9.97 Å². The van der Waals surface area contributed by atoms with Crippen molar-refractivity contribution >= 4 is 11.6 Å². The predicted molar refractivity (Wildman–Crippen MR) is 67.0 cm³/mol. The highest BCUT2D eigenvalue weighted by atomic mass is 15.2. The van der Waals surface area contributed by atoms with Gasteiger partial charge in [0, 0.05) is 25.7 Å². The second-order valence-electron chi connectivity index (χ2n) is 4.47. The maximum atomic E-state index is 4.45. The van der Waals surface area contributed by atoms with Crippen molar-refractivity contribution in [2.24, 2.45) is 5.92 Å². The number of hydrogen-bond donors (Lipinski definition) is 1. The summed E-state index contributed by atoms with van der Waals surface area (Å²) in [6, 6.07) is 0. The van der Waals surface area contributed by atoms with Crippen LogP contribution >= 0.6 is 0 Å². The lowest BCUT2D eigenvalue weighted by atomic mass is 10.2. The Hall–Kier alpha value is -1.32. The number of anilines is 2. The van der Waals surface area contributed by atoms with Crippen LogP contribution in [0.4, 0.5) is 11.6 Å². The van der Waals surface area contributed by atoms with E-state index in [-0.39, 0.29) is 0 Å². The van der Waals surface area contributed by atoms with Crippen molar-refractivity contribution in [1.82, 2.24) is 9.97 Å². The maximum Gasteiger partial charge on any atom is 0.137 e. The lowest BCUT2D eigenvalue weighted by molar-refractivity contribution is 0.658. The first-order chi connectivity index (χ1) is 7.76. The molecule has 0 radical (unpaired) electrons. The first-order valence-electron chi connectivity index (χ1n) is 6.02. The lowest BCUT2D eigenvalue weighted by Crippen LogP contribution is -2.22. The molecule has 0 amide bonds. The molecule has 0 aromatic carbocycles. The number of nitrogens with zero attached hydrogens (tertiary/aromatic N) is 3. The fourth-order valence-corrected chi connectivity index (χ4v) is 2.34. The first-order valence-corrected chi connectivity index (χ1v) is 6.02. The number of aromatic nitrogens is 2. The van der Waals surface area contributed by atoms with Gasteiger partial charge in [-0.1, -0.05) is 13.8 Å². The summed E-state index contributed by atoms with van der Waals surface area (Å²) < 4.78 is 0. The van der Waals surface area contributed by atoms with Crippen molar-refractivity contribution < 1.29 is 0 Å². The van der Waals surface area contributed by atoms with Gasteiger partial charge < -0.3 is 10.2 Å². The minimum Gasteiger partial charge on any atom is -0.373 e. The minimum atomic E-state index is 0.776. The minimum absolute atomic E-state index is 0.776. The average molecular weight is 220 g/mol. The maximum absolute atomic E-state index is 4.45. The molecular weight excluding hydrogens is 200 g/mol. The molecule has 2 heterocycles. The third kappa shape index (κ3) is 1.96. The summed E-state index contributed by atoms with van der Waals surface area (Å²) >= 11 is 0. The smallest absolute Gasteiger partial charge is 0.137 e. The van der Waals surface area contributed by atoms with Gasteiger partial charge in [-0.15, -0.1) is 0 Å². The number of rotatable bonds is 3. The van der Waals surface area contributed by atoms with Crippen molar-refractivity contribution in [2.45, 2.75) is 26.7 Å². The molecule has 1 aromatic heterocycles. The second kappa shape index (κ2) is 4.68. The van der Waals surface area contributed by atoms with Crippen LogP contribution in [-0.4, -0.2) is 30.1 Å². The van der Waals surface area contributed by atoms with Crippen LogP contribution in [0.1, 0.15) is 25.8 Å². The summed E-state index contributed by atoms with van der Waals surface area (Å²) in [6.45, 7) is 6.69. The normalized spacial score (nSPS) is 20.2. The molecule has 0 bridgehead atoms. The molecule has 1 atom stereocenters. The van der Waals surface area contributed by atoms with Crippen LogP contribution < -0.4 is 10.2 Å². The van der Waals surface area contributed by atoms with Crippen LogP contribution in [0.25, 0.3) is 0 Å². The zero-order chi connectivity index (χ0) is 11.5. The van der Waals surface area contributed by atoms with Gasteiger partial charge in [0.2, 0.25) is 0 Å². The third-order valence-corrected chi connectivity index (χ3v) is 3.24. The Morgan fingerprint density at radius 1 is 1.50 bits per heavy atom. The largest absolute Gasteiger partial charge is 0.373 e. The molecule has 1 saturated heterocycles. The SMILES string of the molecule is CCc1c(NC)ncnc1N1CCC(C)C1. The van der Waals surface area contributed by atoms with E-state index in [0.29, 0.717) is 0 Å². The molecule has 1 fully saturated rings. The highest BCUT2D eigenvalue weighted by molar-refractivity contribution is 5.58. The van der Waals surface area contributed by atoms with E-state index in [4.69, 9.17) is 0 Å². The lowest BCUT2D eigenvalue weighted by Gasteiger charge is -2.21. The van der Waals surface area contributed by atoms with Crippen LogP contribution in [0, 0.1) is 5.92 Å². The average Bonchev–Trinajstić information content (AvgIpc) is 2.74. The molecule has 0 aliphatic carbocycles. The number of hydrogen-bond acceptors (Lipinski definition) is 4. The van der Waals surface area contributed by atoms with Crippen molar-refractivity contribution in [1.29, 1.82) is 0 Å². The second-order valence-corrected chi connectivity index (χ2v) is 4.47. The molecule has 1 unspecified atom stereocenters. The van der Waals surface area contributed by atoms with E-state index in [1.807, 2.05) is 7.05 Å². The summed E-state index contributed by atoms with van der Waals surface area (Å²) in [6.07, 6.45) is 3.89. The van der Waals surface area contributed by atoms with Crippen LogP contribution in [-0.2, 0) is 6.42 Å². The van der Waals surface area contributed by atoms with Gasteiger partial charge in [0.25, 0.3) is 0 Å². The molecule has 1 N–H and O–H groups in total. The molecule has 1 aliphatic rings. The molecule has 4 nitrogen and oxygen atoms in total. The standard InChI is InChI=1S/C12H20N4/c1-4-10-11(13-3)14-8-15-12(10)16-6-5-9(2)7-16/h8-9H,4-7H2,1-3H3,(H,13,14,15). The molecule has 16 heavy (non-hydrogen) atoms. The summed E-state index contributed by atoms with van der Waals surface area (Å²) in [4.78, 5) is 11.1. The molecule has 0 saturated carbocycles. The molecule has 1 aliphatic heterocycles. The van der Waals surface area contributed by atoms with Gasteiger partial charge >= 0.3 is 0 Å². The Balaban J connectivity index is 2.32. The molecule has 88 valence electrons. The van der Waals surface area contributed by atoms with Crippen molar-refractivity contribution in [3.05, 3.63) is 11.9 Å². The zero-order valence-corrected chi connectivity index (χ0v) is 10.3. The Kier molecular flexibility index (Phi) is 3.27. The summed E-state index contributed by atoms with van der Waals surface area (Å²) in [5, 5.41) is 3.14. The Labute approximate surface area is 97.1 Å². The van der Waals surface area contributed by atoms with Crippen molar-refractivity contribution in [2.75, 3.05) is 30.4 Å². The van der Waals surface area contributed by atoms with Crippen molar-refractivity contribution in [3.8, 4) is 0 Å². The monoisotopic (exact) mass is 220 g/mol. The Morgan fingerprint density at radius 3 is 2.88 bits per heavy atom. The molecule has 2 rings (SSSR count). The van der Waals surface area contributed by atoms with Gasteiger partial charge in [0.15, 0.2) is 0 Å². The van der Waals surface area contributed by atoms with Crippen molar-refractivity contribution in [3.63, 3.8) is 0 Å². The first kappa shape index (κ1) is 11.2. The predicted octanol–water partition coefficient (Wildman–Crippen LogP) is 1.93. The van der Waals surface area contributed by atoms with Crippen LogP contribution in [0.5, 0.6) is 0 Å². The van der Waals surface area contributed by atoms with Gasteiger partial charge in [0.05, 0.1) is 0 Å². The molecule has 0 spiro atoms. The highest BCUT2D eigenvalue weighted by Gasteiger charge is 2.22. The van der Waals surface area contributed by atoms with Gasteiger partial charge in [0.1, 0.15) is 18.0 Å². The van der Waals surface area contributed by atoms with E-state index in [9.17, 15) is 0 Å². The third-order valence-electron chi connectivity index (χ3n) is 3.24. The van der Waals surface area contributed by atoms with Crippen LogP contribution in [0.15, 0.2) is 6.33 Å². The summed E-state index contributed by atoms with van der Waals surface area (Å²) in [5.41, 5.74) is 1.24.